The van der Waals surface area contributed by atoms with E-state index in [-0.39, 0.29) is 5.78 Å². The molecule has 19 heavy (non-hydrogen) atoms. The highest BCUT2D eigenvalue weighted by molar-refractivity contribution is 8.00. The van der Waals surface area contributed by atoms with Crippen molar-refractivity contribution >= 4 is 17.5 Å². The number of aryl methyl sites for hydroxylation is 3. The van der Waals surface area contributed by atoms with Crippen molar-refractivity contribution in [2.45, 2.75) is 25.7 Å². The fourth-order valence-electron chi connectivity index (χ4n) is 1.91. The van der Waals surface area contributed by atoms with Crippen LogP contribution in [0.25, 0.3) is 0 Å². The molecule has 2 aromatic rings. The molecule has 0 radical (unpaired) electrons. The molecule has 0 spiro atoms. The quantitative estimate of drug-likeness (QED) is 0.597. The Bertz CT molecular complexity index is 602. The van der Waals surface area contributed by atoms with Crippen molar-refractivity contribution in [3.05, 3.63) is 64.7 Å². The lowest BCUT2D eigenvalue weighted by Gasteiger charge is -2.06. The van der Waals surface area contributed by atoms with Gasteiger partial charge in [0, 0.05) is 10.5 Å². The van der Waals surface area contributed by atoms with Crippen molar-refractivity contribution in [2.75, 3.05) is 5.75 Å². The van der Waals surface area contributed by atoms with Gasteiger partial charge in [-0.05, 0) is 38.5 Å². The summed E-state index contributed by atoms with van der Waals surface area (Å²) < 4.78 is 0. The average molecular weight is 270 g/mol. The van der Waals surface area contributed by atoms with Gasteiger partial charge >= 0.3 is 0 Å². The molecule has 2 aromatic carbocycles. The molecule has 0 aliphatic rings. The summed E-state index contributed by atoms with van der Waals surface area (Å²) in [6.07, 6.45) is 0. The number of carbonyl (C=O) groups excluding carboxylic acids is 1. The summed E-state index contributed by atoms with van der Waals surface area (Å²) in [5.41, 5.74) is 4.39. The second-order valence-electron chi connectivity index (χ2n) is 4.85. The third kappa shape index (κ3) is 3.71. The topological polar surface area (TPSA) is 17.1 Å². The van der Waals surface area contributed by atoms with Gasteiger partial charge in [0.25, 0.3) is 0 Å². The molecule has 0 fully saturated rings. The number of hydrogen-bond donors (Lipinski definition) is 0. The van der Waals surface area contributed by atoms with E-state index in [1.807, 2.05) is 31.2 Å². The van der Waals surface area contributed by atoms with E-state index in [9.17, 15) is 4.79 Å². The van der Waals surface area contributed by atoms with Crippen LogP contribution in [0.5, 0.6) is 0 Å². The number of rotatable bonds is 4. The van der Waals surface area contributed by atoms with Gasteiger partial charge in [0.05, 0.1) is 5.75 Å². The van der Waals surface area contributed by atoms with Crippen LogP contribution in [0.3, 0.4) is 0 Å². The summed E-state index contributed by atoms with van der Waals surface area (Å²) in [5, 5.41) is 0. The van der Waals surface area contributed by atoms with Crippen LogP contribution in [0.2, 0.25) is 0 Å². The predicted octanol–water partition coefficient (Wildman–Crippen LogP) is 4.59. The van der Waals surface area contributed by atoms with Gasteiger partial charge in [-0.15, -0.1) is 11.8 Å². The lowest BCUT2D eigenvalue weighted by atomic mass is 10.1. The average Bonchev–Trinajstić information content (AvgIpc) is 2.39. The monoisotopic (exact) mass is 270 g/mol. The Balaban J connectivity index is 2.06. The number of ketones is 1. The van der Waals surface area contributed by atoms with Crippen LogP contribution in [0.15, 0.2) is 47.4 Å². The molecule has 0 heterocycles. The Morgan fingerprint density at radius 1 is 1.00 bits per heavy atom. The van der Waals surface area contributed by atoms with Gasteiger partial charge in [0.2, 0.25) is 0 Å². The van der Waals surface area contributed by atoms with Gasteiger partial charge in [-0.2, -0.15) is 0 Å². The second kappa shape index (κ2) is 6.07. The molecule has 0 saturated carbocycles. The minimum Gasteiger partial charge on any atom is -0.293 e. The standard InChI is InChI=1S/C17H18OS/c1-12-5-4-6-15(9-12)16(18)11-19-17-10-13(2)7-8-14(17)3/h4-10H,11H2,1-3H3. The first kappa shape index (κ1) is 13.9. The van der Waals surface area contributed by atoms with E-state index >= 15 is 0 Å². The van der Waals surface area contributed by atoms with Gasteiger partial charge in [0.1, 0.15) is 0 Å². The minimum atomic E-state index is 0.189. The molecule has 0 aromatic heterocycles. The zero-order chi connectivity index (χ0) is 13.8. The van der Waals surface area contributed by atoms with Crippen LogP contribution in [0.1, 0.15) is 27.0 Å². The molecule has 0 aliphatic heterocycles. The van der Waals surface area contributed by atoms with Gasteiger partial charge in [-0.25, -0.2) is 0 Å². The Labute approximate surface area is 119 Å². The van der Waals surface area contributed by atoms with E-state index in [1.165, 1.54) is 16.0 Å². The summed E-state index contributed by atoms with van der Waals surface area (Å²) in [7, 11) is 0. The number of thioether (sulfide) groups is 1. The van der Waals surface area contributed by atoms with Gasteiger partial charge in [-0.1, -0.05) is 41.5 Å². The largest absolute Gasteiger partial charge is 0.293 e. The third-order valence-electron chi connectivity index (χ3n) is 3.04. The number of Topliss-reactive ketones (excluding diaryl/α,β-unsaturated/α-hetero) is 1. The van der Waals surface area contributed by atoms with Crippen molar-refractivity contribution in [3.63, 3.8) is 0 Å². The molecule has 2 rings (SSSR count). The normalized spacial score (nSPS) is 10.5. The molecule has 0 N–H and O–H groups in total. The molecule has 0 saturated heterocycles. The fraction of sp³-hybridized carbons (Fsp3) is 0.235. The Kier molecular flexibility index (Phi) is 4.43. The highest BCUT2D eigenvalue weighted by atomic mass is 32.2. The maximum atomic E-state index is 12.1. The van der Waals surface area contributed by atoms with Crippen LogP contribution in [0, 0.1) is 20.8 Å². The van der Waals surface area contributed by atoms with Crippen molar-refractivity contribution in [3.8, 4) is 0 Å². The van der Waals surface area contributed by atoms with Gasteiger partial charge < -0.3 is 0 Å². The summed E-state index contributed by atoms with van der Waals surface area (Å²) in [5.74, 6) is 0.683. The molecular weight excluding hydrogens is 252 g/mol. The van der Waals surface area contributed by atoms with E-state index in [0.29, 0.717) is 5.75 Å². The van der Waals surface area contributed by atoms with E-state index in [1.54, 1.807) is 11.8 Å². The molecule has 0 unspecified atom stereocenters. The van der Waals surface area contributed by atoms with Crippen LogP contribution in [-0.2, 0) is 0 Å². The first-order valence-corrected chi connectivity index (χ1v) is 7.35. The SMILES string of the molecule is Cc1cccc(C(=O)CSc2cc(C)ccc2C)c1. The molecule has 98 valence electrons. The molecule has 2 heteroatoms. The summed E-state index contributed by atoms with van der Waals surface area (Å²) in [6, 6.07) is 14.1. The van der Waals surface area contributed by atoms with E-state index in [2.05, 4.69) is 32.0 Å². The summed E-state index contributed by atoms with van der Waals surface area (Å²) in [6.45, 7) is 6.17. The summed E-state index contributed by atoms with van der Waals surface area (Å²) in [4.78, 5) is 13.3. The maximum absolute atomic E-state index is 12.1. The third-order valence-corrected chi connectivity index (χ3v) is 4.20. The Morgan fingerprint density at radius 2 is 1.74 bits per heavy atom. The molecule has 1 nitrogen and oxygen atoms in total. The van der Waals surface area contributed by atoms with Crippen LogP contribution >= 0.6 is 11.8 Å². The summed E-state index contributed by atoms with van der Waals surface area (Å²) >= 11 is 1.62. The second-order valence-corrected chi connectivity index (χ2v) is 5.87. The van der Waals surface area contributed by atoms with Crippen LogP contribution in [0.4, 0.5) is 0 Å². The number of hydrogen-bond acceptors (Lipinski definition) is 2. The first-order chi connectivity index (χ1) is 9.06. The fourth-order valence-corrected chi connectivity index (χ4v) is 2.93. The maximum Gasteiger partial charge on any atom is 0.173 e. The van der Waals surface area contributed by atoms with Crippen molar-refractivity contribution in [1.29, 1.82) is 0 Å². The van der Waals surface area contributed by atoms with Crippen molar-refractivity contribution in [2.24, 2.45) is 0 Å². The highest BCUT2D eigenvalue weighted by Gasteiger charge is 2.08. The van der Waals surface area contributed by atoms with Crippen molar-refractivity contribution in [1.82, 2.24) is 0 Å². The lowest BCUT2D eigenvalue weighted by molar-refractivity contribution is 0.102. The molecule has 0 atom stereocenters. The minimum absolute atomic E-state index is 0.189. The smallest absolute Gasteiger partial charge is 0.173 e. The predicted molar refractivity (Wildman–Crippen MR) is 82.1 cm³/mol. The molecule has 0 amide bonds. The van der Waals surface area contributed by atoms with E-state index in [0.717, 1.165) is 11.1 Å². The number of benzene rings is 2. The van der Waals surface area contributed by atoms with E-state index in [4.69, 9.17) is 0 Å². The zero-order valence-electron chi connectivity index (χ0n) is 11.6. The lowest BCUT2D eigenvalue weighted by Crippen LogP contribution is -2.02. The molecule has 0 bridgehead atoms. The van der Waals surface area contributed by atoms with E-state index < -0.39 is 0 Å². The molecule has 0 aliphatic carbocycles. The number of carbonyl (C=O) groups is 1. The first-order valence-electron chi connectivity index (χ1n) is 6.36. The van der Waals surface area contributed by atoms with Gasteiger partial charge in [-0.3, -0.25) is 4.79 Å². The van der Waals surface area contributed by atoms with Gasteiger partial charge in [0.15, 0.2) is 5.78 Å². The highest BCUT2D eigenvalue weighted by Crippen LogP contribution is 2.24. The Hall–Kier alpha value is -1.54. The Morgan fingerprint density at radius 3 is 2.47 bits per heavy atom. The zero-order valence-corrected chi connectivity index (χ0v) is 12.4. The van der Waals surface area contributed by atoms with Crippen molar-refractivity contribution < 1.29 is 4.79 Å². The van der Waals surface area contributed by atoms with Crippen LogP contribution < -0.4 is 0 Å². The molecular formula is C17H18OS. The van der Waals surface area contributed by atoms with Crippen LogP contribution in [-0.4, -0.2) is 11.5 Å².